The van der Waals surface area contributed by atoms with Crippen LogP contribution >= 0.6 is 11.6 Å². The lowest BCUT2D eigenvalue weighted by Gasteiger charge is -2.19. The number of H-pyrrole nitrogens is 1. The van der Waals surface area contributed by atoms with Crippen LogP contribution in [0.25, 0.3) is 0 Å². The SMILES string of the molecule is Clc1ccccc1Cc1nc(C2CCNCC2)n[nH]1. The van der Waals surface area contributed by atoms with Gasteiger partial charge < -0.3 is 5.32 Å². The van der Waals surface area contributed by atoms with E-state index in [-0.39, 0.29) is 0 Å². The zero-order valence-electron chi connectivity index (χ0n) is 10.7. The first-order valence-corrected chi connectivity index (χ1v) is 7.06. The smallest absolute Gasteiger partial charge is 0.153 e. The maximum atomic E-state index is 6.16. The molecule has 0 unspecified atom stereocenters. The first-order chi connectivity index (χ1) is 9.33. The monoisotopic (exact) mass is 276 g/mol. The number of benzene rings is 1. The maximum absolute atomic E-state index is 6.16. The highest BCUT2D eigenvalue weighted by Crippen LogP contribution is 2.23. The number of hydrogen-bond donors (Lipinski definition) is 2. The summed E-state index contributed by atoms with van der Waals surface area (Å²) in [6, 6.07) is 7.86. The van der Waals surface area contributed by atoms with E-state index in [1.165, 1.54) is 0 Å². The van der Waals surface area contributed by atoms with E-state index >= 15 is 0 Å². The fourth-order valence-electron chi connectivity index (χ4n) is 2.47. The summed E-state index contributed by atoms with van der Waals surface area (Å²) < 4.78 is 0. The second-order valence-electron chi connectivity index (χ2n) is 4.93. The molecule has 1 fully saturated rings. The van der Waals surface area contributed by atoms with Crippen molar-refractivity contribution in [2.45, 2.75) is 25.2 Å². The van der Waals surface area contributed by atoms with Crippen LogP contribution in [0, 0.1) is 0 Å². The molecule has 0 saturated carbocycles. The summed E-state index contributed by atoms with van der Waals surface area (Å²) in [7, 11) is 0. The van der Waals surface area contributed by atoms with Crippen LogP contribution in [0.1, 0.15) is 36.0 Å². The molecule has 0 bridgehead atoms. The van der Waals surface area contributed by atoms with E-state index < -0.39 is 0 Å². The van der Waals surface area contributed by atoms with E-state index in [0.717, 1.165) is 48.2 Å². The van der Waals surface area contributed by atoms with Crippen LogP contribution in [-0.2, 0) is 6.42 Å². The van der Waals surface area contributed by atoms with Crippen molar-refractivity contribution < 1.29 is 0 Å². The Hall–Kier alpha value is -1.39. The average molecular weight is 277 g/mol. The average Bonchev–Trinajstić information content (AvgIpc) is 2.91. The molecule has 2 heterocycles. The molecule has 3 rings (SSSR count). The van der Waals surface area contributed by atoms with Gasteiger partial charge in [0.1, 0.15) is 5.82 Å². The second-order valence-corrected chi connectivity index (χ2v) is 5.34. The van der Waals surface area contributed by atoms with Crippen molar-refractivity contribution in [3.8, 4) is 0 Å². The van der Waals surface area contributed by atoms with Crippen LogP contribution in [0.4, 0.5) is 0 Å². The summed E-state index contributed by atoms with van der Waals surface area (Å²) in [5, 5.41) is 11.5. The third-order valence-electron chi connectivity index (χ3n) is 3.57. The molecule has 1 aromatic carbocycles. The van der Waals surface area contributed by atoms with E-state index in [4.69, 9.17) is 11.6 Å². The molecule has 0 spiro atoms. The van der Waals surface area contributed by atoms with E-state index in [1.807, 2.05) is 24.3 Å². The van der Waals surface area contributed by atoms with Gasteiger partial charge in [-0.1, -0.05) is 29.8 Å². The summed E-state index contributed by atoms with van der Waals surface area (Å²) >= 11 is 6.16. The van der Waals surface area contributed by atoms with E-state index in [1.54, 1.807) is 0 Å². The van der Waals surface area contributed by atoms with Crippen molar-refractivity contribution >= 4 is 11.6 Å². The van der Waals surface area contributed by atoms with Gasteiger partial charge in [0.2, 0.25) is 0 Å². The number of aromatic nitrogens is 3. The van der Waals surface area contributed by atoms with Crippen molar-refractivity contribution in [2.75, 3.05) is 13.1 Å². The predicted molar refractivity (Wildman–Crippen MR) is 75.5 cm³/mol. The fourth-order valence-corrected chi connectivity index (χ4v) is 2.68. The lowest BCUT2D eigenvalue weighted by molar-refractivity contribution is 0.446. The molecule has 2 N–H and O–H groups in total. The van der Waals surface area contributed by atoms with Crippen molar-refractivity contribution in [1.29, 1.82) is 0 Å². The third kappa shape index (κ3) is 2.96. The van der Waals surface area contributed by atoms with Crippen LogP contribution in [0.15, 0.2) is 24.3 Å². The Balaban J connectivity index is 1.73. The molecule has 1 aliphatic rings. The second kappa shape index (κ2) is 5.72. The van der Waals surface area contributed by atoms with Crippen molar-refractivity contribution in [3.05, 3.63) is 46.5 Å². The number of rotatable bonds is 3. The molecule has 0 atom stereocenters. The highest BCUT2D eigenvalue weighted by atomic mass is 35.5. The first kappa shape index (κ1) is 12.6. The van der Waals surface area contributed by atoms with Gasteiger partial charge in [0.05, 0.1) is 0 Å². The highest BCUT2D eigenvalue weighted by Gasteiger charge is 2.19. The van der Waals surface area contributed by atoms with Gasteiger partial charge in [-0.2, -0.15) is 5.10 Å². The normalized spacial score (nSPS) is 16.7. The van der Waals surface area contributed by atoms with Crippen molar-refractivity contribution in [3.63, 3.8) is 0 Å². The Labute approximate surface area is 117 Å². The molecule has 4 nitrogen and oxygen atoms in total. The Morgan fingerprint density at radius 2 is 2.00 bits per heavy atom. The zero-order valence-corrected chi connectivity index (χ0v) is 11.5. The van der Waals surface area contributed by atoms with Gasteiger partial charge in [0, 0.05) is 17.4 Å². The minimum Gasteiger partial charge on any atom is -0.317 e. The van der Waals surface area contributed by atoms with E-state index in [2.05, 4.69) is 20.5 Å². The summed E-state index contributed by atoms with van der Waals surface area (Å²) in [6.45, 7) is 2.11. The minimum absolute atomic E-state index is 0.484. The number of halogens is 1. The maximum Gasteiger partial charge on any atom is 0.153 e. The molecule has 0 aliphatic carbocycles. The summed E-state index contributed by atoms with van der Waals surface area (Å²) in [6.07, 6.45) is 2.93. The Morgan fingerprint density at radius 3 is 2.79 bits per heavy atom. The fraction of sp³-hybridized carbons (Fsp3) is 0.429. The van der Waals surface area contributed by atoms with Gasteiger partial charge >= 0.3 is 0 Å². The summed E-state index contributed by atoms with van der Waals surface area (Å²) in [5.74, 6) is 2.32. The lowest BCUT2D eigenvalue weighted by Crippen LogP contribution is -2.27. The van der Waals surface area contributed by atoms with Crippen molar-refractivity contribution in [2.24, 2.45) is 0 Å². The van der Waals surface area contributed by atoms with Crippen LogP contribution < -0.4 is 5.32 Å². The third-order valence-corrected chi connectivity index (χ3v) is 3.94. The van der Waals surface area contributed by atoms with Gasteiger partial charge in [-0.25, -0.2) is 4.98 Å². The van der Waals surface area contributed by atoms with Crippen molar-refractivity contribution in [1.82, 2.24) is 20.5 Å². The number of piperidine rings is 1. The quantitative estimate of drug-likeness (QED) is 0.906. The molecular formula is C14H17ClN4. The molecule has 0 amide bonds. The largest absolute Gasteiger partial charge is 0.317 e. The van der Waals surface area contributed by atoms with E-state index in [9.17, 15) is 0 Å². The predicted octanol–water partition coefficient (Wildman–Crippen LogP) is 2.52. The first-order valence-electron chi connectivity index (χ1n) is 6.68. The number of nitrogens with one attached hydrogen (secondary N) is 2. The summed E-state index contributed by atoms with van der Waals surface area (Å²) in [4.78, 5) is 4.62. The highest BCUT2D eigenvalue weighted by molar-refractivity contribution is 6.31. The number of hydrogen-bond acceptors (Lipinski definition) is 3. The molecular weight excluding hydrogens is 260 g/mol. The molecule has 1 aliphatic heterocycles. The number of nitrogens with zero attached hydrogens (tertiary/aromatic N) is 2. The topological polar surface area (TPSA) is 53.6 Å². The molecule has 1 saturated heterocycles. The van der Waals surface area contributed by atoms with E-state index in [0.29, 0.717) is 12.3 Å². The van der Waals surface area contributed by atoms with Gasteiger partial charge in [-0.3, -0.25) is 5.10 Å². The molecule has 0 radical (unpaired) electrons. The summed E-state index contributed by atoms with van der Waals surface area (Å²) in [5.41, 5.74) is 1.08. The molecule has 2 aromatic rings. The lowest BCUT2D eigenvalue weighted by atomic mass is 9.98. The van der Waals surface area contributed by atoms with Gasteiger partial charge in [-0.15, -0.1) is 0 Å². The minimum atomic E-state index is 0.484. The standard InChI is InChI=1S/C14H17ClN4/c15-12-4-2-1-3-11(12)9-13-17-14(19-18-13)10-5-7-16-8-6-10/h1-4,10,16H,5-9H2,(H,17,18,19). The Morgan fingerprint density at radius 1 is 1.21 bits per heavy atom. The molecule has 5 heteroatoms. The molecule has 19 heavy (non-hydrogen) atoms. The molecule has 100 valence electrons. The van der Waals surface area contributed by atoms with Crippen LogP contribution in [0.5, 0.6) is 0 Å². The van der Waals surface area contributed by atoms with Crippen LogP contribution in [-0.4, -0.2) is 28.3 Å². The molecule has 1 aromatic heterocycles. The zero-order chi connectivity index (χ0) is 13.1. The Kier molecular flexibility index (Phi) is 3.80. The van der Waals surface area contributed by atoms with Gasteiger partial charge in [-0.05, 0) is 37.6 Å². The van der Waals surface area contributed by atoms with Crippen LogP contribution in [0.3, 0.4) is 0 Å². The Bertz CT molecular complexity index is 546. The van der Waals surface area contributed by atoms with Gasteiger partial charge in [0.25, 0.3) is 0 Å². The number of aromatic amines is 1. The van der Waals surface area contributed by atoms with Crippen LogP contribution in [0.2, 0.25) is 5.02 Å². The van der Waals surface area contributed by atoms with Gasteiger partial charge in [0.15, 0.2) is 5.82 Å².